The number of hydrogen-bond acceptors (Lipinski definition) is 4. The van der Waals surface area contributed by atoms with Crippen molar-refractivity contribution in [3.8, 4) is 6.07 Å². The average molecular weight is 317 g/mol. The van der Waals surface area contributed by atoms with E-state index in [1.165, 1.54) is 6.07 Å². The Balaban J connectivity index is 1.65. The summed E-state index contributed by atoms with van der Waals surface area (Å²) in [5, 5.41) is 8.81. The number of carbonyl (C=O) groups is 1. The first-order chi connectivity index (χ1) is 11.1. The van der Waals surface area contributed by atoms with Crippen LogP contribution in [0.25, 0.3) is 0 Å². The lowest BCUT2D eigenvalue weighted by Gasteiger charge is -2.37. The summed E-state index contributed by atoms with van der Waals surface area (Å²) in [6.07, 6.45) is 2.28. The molecule has 0 bridgehead atoms. The van der Waals surface area contributed by atoms with Crippen molar-refractivity contribution < 1.29 is 13.9 Å². The molecule has 1 aromatic rings. The van der Waals surface area contributed by atoms with Crippen LogP contribution in [0.15, 0.2) is 18.2 Å². The van der Waals surface area contributed by atoms with Gasteiger partial charge in [-0.15, -0.1) is 0 Å². The molecular formula is C17H20FN3O2. The molecule has 1 amide bonds. The van der Waals surface area contributed by atoms with Gasteiger partial charge in [0.15, 0.2) is 0 Å². The molecule has 122 valence electrons. The number of amides is 1. The number of carbonyl (C=O) groups excluding carboxylic acids is 1. The number of primary amides is 1. The third kappa shape index (κ3) is 3.15. The van der Waals surface area contributed by atoms with E-state index in [1.807, 2.05) is 11.0 Å². The number of piperidine rings is 1. The van der Waals surface area contributed by atoms with Crippen LogP contribution in [0.4, 0.5) is 10.1 Å². The van der Waals surface area contributed by atoms with Gasteiger partial charge in [-0.05, 0) is 43.4 Å². The van der Waals surface area contributed by atoms with Gasteiger partial charge in [0.25, 0.3) is 0 Å². The number of ether oxygens (including phenoxy) is 1. The molecule has 2 heterocycles. The van der Waals surface area contributed by atoms with Crippen LogP contribution < -0.4 is 10.6 Å². The normalized spacial score (nSPS) is 25.3. The summed E-state index contributed by atoms with van der Waals surface area (Å²) in [6, 6.07) is 6.50. The van der Waals surface area contributed by atoms with Crippen LogP contribution in [0.2, 0.25) is 0 Å². The average Bonchev–Trinajstić information content (AvgIpc) is 3.05. The summed E-state index contributed by atoms with van der Waals surface area (Å²) in [6.45, 7) is 2.00. The molecular weight excluding hydrogens is 297 g/mol. The van der Waals surface area contributed by atoms with Crippen molar-refractivity contribution in [2.75, 3.05) is 24.6 Å². The number of nitrogens with two attached hydrogens (primary N) is 1. The van der Waals surface area contributed by atoms with Gasteiger partial charge in [-0.1, -0.05) is 0 Å². The number of anilines is 1. The van der Waals surface area contributed by atoms with E-state index in [9.17, 15) is 9.18 Å². The van der Waals surface area contributed by atoms with Crippen molar-refractivity contribution in [2.45, 2.75) is 25.4 Å². The highest BCUT2D eigenvalue weighted by Crippen LogP contribution is 2.34. The molecule has 0 radical (unpaired) electrons. The van der Waals surface area contributed by atoms with Crippen molar-refractivity contribution in [1.82, 2.24) is 0 Å². The largest absolute Gasteiger partial charge is 0.377 e. The van der Waals surface area contributed by atoms with Crippen molar-refractivity contribution in [3.63, 3.8) is 0 Å². The Hall–Kier alpha value is -2.13. The van der Waals surface area contributed by atoms with E-state index in [0.717, 1.165) is 12.8 Å². The lowest BCUT2D eigenvalue weighted by Crippen LogP contribution is -2.42. The maximum absolute atomic E-state index is 14.1. The fourth-order valence-electron chi connectivity index (χ4n) is 3.68. The second-order valence-electron chi connectivity index (χ2n) is 6.24. The minimum atomic E-state index is -0.366. The monoisotopic (exact) mass is 317 g/mol. The zero-order valence-corrected chi connectivity index (χ0v) is 12.9. The maximum Gasteiger partial charge on any atom is 0.223 e. The van der Waals surface area contributed by atoms with Gasteiger partial charge in [0.05, 0.1) is 29.3 Å². The van der Waals surface area contributed by atoms with Crippen LogP contribution >= 0.6 is 0 Å². The minimum Gasteiger partial charge on any atom is -0.377 e. The first-order valence-electron chi connectivity index (χ1n) is 7.95. The van der Waals surface area contributed by atoms with E-state index < -0.39 is 0 Å². The molecule has 0 spiro atoms. The van der Waals surface area contributed by atoms with Crippen molar-refractivity contribution in [2.24, 2.45) is 17.6 Å². The molecule has 2 saturated heterocycles. The Morgan fingerprint density at radius 2 is 2.09 bits per heavy atom. The van der Waals surface area contributed by atoms with Crippen LogP contribution in [0.3, 0.4) is 0 Å². The van der Waals surface area contributed by atoms with Gasteiger partial charge in [0, 0.05) is 19.7 Å². The fraction of sp³-hybridized carbons (Fsp3) is 0.529. The lowest BCUT2D eigenvalue weighted by molar-refractivity contribution is -0.124. The molecule has 0 saturated carbocycles. The van der Waals surface area contributed by atoms with Gasteiger partial charge >= 0.3 is 0 Å². The van der Waals surface area contributed by atoms with E-state index >= 15 is 0 Å². The summed E-state index contributed by atoms with van der Waals surface area (Å²) in [4.78, 5) is 13.5. The highest BCUT2D eigenvalue weighted by atomic mass is 19.1. The van der Waals surface area contributed by atoms with Crippen molar-refractivity contribution in [1.29, 1.82) is 5.26 Å². The van der Waals surface area contributed by atoms with Crippen LogP contribution in [0.5, 0.6) is 0 Å². The van der Waals surface area contributed by atoms with Gasteiger partial charge in [0.1, 0.15) is 5.82 Å². The summed E-state index contributed by atoms with van der Waals surface area (Å²) in [5.41, 5.74) is 6.31. The predicted molar refractivity (Wildman–Crippen MR) is 83.1 cm³/mol. The van der Waals surface area contributed by atoms with E-state index in [2.05, 4.69) is 0 Å². The Labute approximate surface area is 134 Å². The predicted octanol–water partition coefficient (Wildman–Crippen LogP) is 1.80. The van der Waals surface area contributed by atoms with E-state index in [0.29, 0.717) is 37.4 Å². The summed E-state index contributed by atoms with van der Waals surface area (Å²) in [5.74, 6) is -0.561. The topological polar surface area (TPSA) is 79.3 Å². The fourth-order valence-corrected chi connectivity index (χ4v) is 3.68. The SMILES string of the molecule is N#Cc1ccc(N2CCC([C@H]3OCC[C@@H]3C(N)=O)CC2)c(F)c1. The third-order valence-electron chi connectivity index (χ3n) is 4.92. The number of benzene rings is 1. The Morgan fingerprint density at radius 3 is 2.70 bits per heavy atom. The van der Waals surface area contributed by atoms with Gasteiger partial charge in [-0.25, -0.2) is 4.39 Å². The molecule has 6 heteroatoms. The molecule has 2 N–H and O–H groups in total. The number of hydrogen-bond donors (Lipinski definition) is 1. The Bertz CT molecular complexity index is 635. The molecule has 0 unspecified atom stereocenters. The second kappa shape index (κ2) is 6.55. The number of nitriles is 1. The van der Waals surface area contributed by atoms with Gasteiger partial charge < -0.3 is 15.4 Å². The molecule has 3 rings (SSSR count). The van der Waals surface area contributed by atoms with Gasteiger partial charge in [-0.3, -0.25) is 4.79 Å². The molecule has 2 aliphatic heterocycles. The van der Waals surface area contributed by atoms with Crippen LogP contribution in [-0.2, 0) is 9.53 Å². The zero-order chi connectivity index (χ0) is 16.4. The molecule has 23 heavy (non-hydrogen) atoms. The van der Waals surface area contributed by atoms with E-state index in [-0.39, 0.29) is 29.7 Å². The van der Waals surface area contributed by atoms with Crippen LogP contribution in [-0.4, -0.2) is 31.7 Å². The minimum absolute atomic E-state index is 0.0968. The zero-order valence-electron chi connectivity index (χ0n) is 12.9. The highest BCUT2D eigenvalue weighted by Gasteiger charge is 2.39. The van der Waals surface area contributed by atoms with Gasteiger partial charge in [0.2, 0.25) is 5.91 Å². The van der Waals surface area contributed by atoms with Crippen molar-refractivity contribution in [3.05, 3.63) is 29.6 Å². The third-order valence-corrected chi connectivity index (χ3v) is 4.92. The molecule has 0 aliphatic carbocycles. The summed E-state index contributed by atoms with van der Waals surface area (Å²) in [7, 11) is 0. The smallest absolute Gasteiger partial charge is 0.223 e. The number of rotatable bonds is 3. The molecule has 2 aliphatic rings. The number of nitrogens with zero attached hydrogens (tertiary/aromatic N) is 2. The van der Waals surface area contributed by atoms with Crippen LogP contribution in [0.1, 0.15) is 24.8 Å². The second-order valence-corrected chi connectivity index (χ2v) is 6.24. The standard InChI is InChI=1S/C17H20FN3O2/c18-14-9-11(10-19)1-2-15(14)21-6-3-12(4-7-21)16-13(17(20)22)5-8-23-16/h1-2,9,12-13,16H,3-8H2,(H2,20,22)/t13-,16+/m0/s1. The summed E-state index contributed by atoms with van der Waals surface area (Å²) < 4.78 is 19.8. The molecule has 1 aromatic carbocycles. The Kier molecular flexibility index (Phi) is 4.49. The number of halogens is 1. The van der Waals surface area contributed by atoms with E-state index in [4.69, 9.17) is 15.7 Å². The first-order valence-corrected chi connectivity index (χ1v) is 7.95. The lowest BCUT2D eigenvalue weighted by atomic mass is 9.84. The van der Waals surface area contributed by atoms with Crippen LogP contribution in [0, 0.1) is 29.0 Å². The molecule has 2 atom stereocenters. The molecule has 0 aromatic heterocycles. The van der Waals surface area contributed by atoms with E-state index in [1.54, 1.807) is 12.1 Å². The maximum atomic E-state index is 14.1. The quantitative estimate of drug-likeness (QED) is 0.922. The first kappa shape index (κ1) is 15.8. The van der Waals surface area contributed by atoms with Gasteiger partial charge in [-0.2, -0.15) is 5.26 Å². The summed E-state index contributed by atoms with van der Waals surface area (Å²) >= 11 is 0. The highest BCUT2D eigenvalue weighted by molar-refractivity contribution is 5.77. The molecule has 2 fully saturated rings. The van der Waals surface area contributed by atoms with Crippen molar-refractivity contribution >= 4 is 11.6 Å². The Morgan fingerprint density at radius 1 is 1.35 bits per heavy atom. The molecule has 5 nitrogen and oxygen atoms in total.